The third-order valence-electron chi connectivity index (χ3n) is 4.89. The Balaban J connectivity index is 1.56. The smallest absolute Gasteiger partial charge is 0.343 e. The summed E-state index contributed by atoms with van der Waals surface area (Å²) >= 11 is 0. The van der Waals surface area contributed by atoms with Crippen molar-refractivity contribution in [1.29, 1.82) is 0 Å². The molecule has 2 aliphatic rings. The normalized spacial score (nSPS) is 19.1. The van der Waals surface area contributed by atoms with Gasteiger partial charge in [-0.2, -0.15) is 13.2 Å². The van der Waals surface area contributed by atoms with E-state index in [9.17, 15) is 27.6 Å². The first-order chi connectivity index (χ1) is 12.8. The first-order valence-corrected chi connectivity index (χ1v) is 8.79. The number of para-hydroxylation sites is 1. The molecule has 2 fully saturated rings. The van der Waals surface area contributed by atoms with Crippen molar-refractivity contribution in [2.45, 2.75) is 37.9 Å². The molecule has 6 nitrogen and oxygen atoms in total. The van der Waals surface area contributed by atoms with E-state index in [0.29, 0.717) is 18.5 Å². The second kappa shape index (κ2) is 7.58. The zero-order valence-corrected chi connectivity index (χ0v) is 14.6. The van der Waals surface area contributed by atoms with E-state index in [1.165, 1.54) is 9.80 Å². The second-order valence-corrected chi connectivity index (χ2v) is 6.70. The number of urea groups is 1. The minimum absolute atomic E-state index is 0.0274. The minimum Gasteiger partial charge on any atom is -0.343 e. The number of rotatable bonds is 4. The van der Waals surface area contributed by atoms with Crippen LogP contribution in [0.2, 0.25) is 0 Å². The molecule has 0 N–H and O–H groups in total. The summed E-state index contributed by atoms with van der Waals surface area (Å²) in [4.78, 5) is 40.9. The number of imide groups is 1. The first-order valence-electron chi connectivity index (χ1n) is 8.79. The molecule has 9 heteroatoms. The number of nitrogens with zero attached hydrogens (tertiary/aromatic N) is 3. The van der Waals surface area contributed by atoms with Gasteiger partial charge in [-0.25, -0.2) is 9.69 Å². The maximum absolute atomic E-state index is 12.7. The molecule has 0 spiro atoms. The monoisotopic (exact) mass is 383 g/mol. The van der Waals surface area contributed by atoms with E-state index in [0.717, 1.165) is 4.90 Å². The Labute approximate surface area is 154 Å². The molecule has 0 bridgehead atoms. The quantitative estimate of drug-likeness (QED) is 0.752. The molecule has 27 heavy (non-hydrogen) atoms. The molecule has 146 valence electrons. The Kier molecular flexibility index (Phi) is 5.38. The lowest BCUT2D eigenvalue weighted by molar-refractivity contribution is -0.149. The highest BCUT2D eigenvalue weighted by Crippen LogP contribution is 2.27. The topological polar surface area (TPSA) is 60.9 Å². The van der Waals surface area contributed by atoms with Crippen molar-refractivity contribution in [2.24, 2.45) is 0 Å². The Morgan fingerprint density at radius 1 is 1.07 bits per heavy atom. The Morgan fingerprint density at radius 2 is 1.70 bits per heavy atom. The number of benzene rings is 1. The van der Waals surface area contributed by atoms with Crippen LogP contribution in [0.25, 0.3) is 0 Å². The van der Waals surface area contributed by atoms with Crippen LogP contribution < -0.4 is 4.90 Å². The molecular formula is C18H20F3N3O3. The number of hydrogen-bond acceptors (Lipinski definition) is 3. The molecule has 3 rings (SSSR count). The van der Waals surface area contributed by atoms with Gasteiger partial charge in [-0.05, 0) is 25.0 Å². The van der Waals surface area contributed by atoms with Crippen molar-refractivity contribution < 1.29 is 27.6 Å². The summed E-state index contributed by atoms with van der Waals surface area (Å²) in [6.45, 7) is 0.537. The van der Waals surface area contributed by atoms with Crippen molar-refractivity contribution in [3.63, 3.8) is 0 Å². The molecule has 0 radical (unpaired) electrons. The summed E-state index contributed by atoms with van der Waals surface area (Å²) in [6.07, 6.45) is -5.15. The van der Waals surface area contributed by atoms with E-state index < -0.39 is 31.0 Å². The first kappa shape index (κ1) is 19.2. The van der Waals surface area contributed by atoms with Crippen molar-refractivity contribution in [2.75, 3.05) is 24.5 Å². The molecule has 1 aromatic rings. The maximum Gasteiger partial charge on any atom is 0.389 e. The summed E-state index contributed by atoms with van der Waals surface area (Å²) in [6, 6.07) is 8.03. The van der Waals surface area contributed by atoms with Crippen molar-refractivity contribution in [3.05, 3.63) is 30.3 Å². The van der Waals surface area contributed by atoms with E-state index in [2.05, 4.69) is 0 Å². The van der Waals surface area contributed by atoms with E-state index in [1.807, 2.05) is 0 Å². The summed E-state index contributed by atoms with van der Waals surface area (Å²) in [7, 11) is 0. The molecule has 0 atom stereocenters. The molecule has 0 unspecified atom stereocenters. The fourth-order valence-corrected chi connectivity index (χ4v) is 3.47. The zero-order valence-electron chi connectivity index (χ0n) is 14.6. The van der Waals surface area contributed by atoms with E-state index in [4.69, 9.17) is 0 Å². The van der Waals surface area contributed by atoms with Crippen LogP contribution in [0.1, 0.15) is 25.7 Å². The number of piperidine rings is 1. The molecule has 2 saturated heterocycles. The van der Waals surface area contributed by atoms with Gasteiger partial charge >= 0.3 is 12.2 Å². The summed E-state index contributed by atoms with van der Waals surface area (Å²) in [5, 5.41) is 0. The Bertz CT molecular complexity index is 716. The van der Waals surface area contributed by atoms with Crippen LogP contribution in [-0.4, -0.2) is 59.5 Å². The lowest BCUT2D eigenvalue weighted by atomic mass is 10.0. The van der Waals surface area contributed by atoms with Crippen molar-refractivity contribution in [1.82, 2.24) is 9.80 Å². The van der Waals surface area contributed by atoms with Gasteiger partial charge in [-0.3, -0.25) is 9.59 Å². The zero-order chi connectivity index (χ0) is 19.6. The maximum atomic E-state index is 12.7. The molecule has 1 aromatic carbocycles. The third-order valence-corrected chi connectivity index (χ3v) is 4.89. The highest BCUT2D eigenvalue weighted by Gasteiger charge is 2.41. The van der Waals surface area contributed by atoms with Crippen LogP contribution in [0, 0.1) is 0 Å². The van der Waals surface area contributed by atoms with Crippen LogP contribution in [-0.2, 0) is 9.59 Å². The average Bonchev–Trinajstić information content (AvgIpc) is 2.94. The largest absolute Gasteiger partial charge is 0.389 e. The molecule has 0 saturated carbocycles. The number of halogens is 3. The lowest BCUT2D eigenvalue weighted by Crippen LogP contribution is -2.48. The third kappa shape index (κ3) is 4.40. The predicted octanol–water partition coefficient (Wildman–Crippen LogP) is 2.79. The van der Waals surface area contributed by atoms with Crippen LogP contribution in [0.15, 0.2) is 30.3 Å². The number of likely N-dealkylation sites (tertiary alicyclic amines) is 1. The fourth-order valence-electron chi connectivity index (χ4n) is 3.47. The van der Waals surface area contributed by atoms with Gasteiger partial charge in [0.25, 0.3) is 5.91 Å². The van der Waals surface area contributed by atoms with Gasteiger partial charge in [-0.1, -0.05) is 18.2 Å². The van der Waals surface area contributed by atoms with E-state index >= 15 is 0 Å². The van der Waals surface area contributed by atoms with Gasteiger partial charge in [0, 0.05) is 25.6 Å². The van der Waals surface area contributed by atoms with Gasteiger partial charge in [0.2, 0.25) is 5.91 Å². The van der Waals surface area contributed by atoms with E-state index in [1.54, 1.807) is 30.3 Å². The van der Waals surface area contributed by atoms with Gasteiger partial charge in [0.05, 0.1) is 12.1 Å². The highest BCUT2D eigenvalue weighted by atomic mass is 19.4. The molecule has 2 aliphatic heterocycles. The number of hydrogen-bond donors (Lipinski definition) is 0. The van der Waals surface area contributed by atoms with Crippen molar-refractivity contribution >= 4 is 23.5 Å². The SMILES string of the molecule is O=C(CCC(F)(F)F)N1CCC(N2CC(=O)N(c3ccccc3)C2=O)CC1. The summed E-state index contributed by atoms with van der Waals surface area (Å²) < 4.78 is 36.8. The molecule has 0 aliphatic carbocycles. The molecule has 0 aromatic heterocycles. The van der Waals surface area contributed by atoms with Crippen LogP contribution in [0.5, 0.6) is 0 Å². The van der Waals surface area contributed by atoms with Gasteiger partial charge < -0.3 is 9.80 Å². The summed E-state index contributed by atoms with van der Waals surface area (Å²) in [5.74, 6) is -0.838. The standard InChI is InChI=1S/C18H20F3N3O3/c19-18(20,21)9-6-15(25)22-10-7-13(8-11-22)23-12-16(26)24(17(23)27)14-4-2-1-3-5-14/h1-5,13H,6-12H2. The minimum atomic E-state index is -4.35. The average molecular weight is 383 g/mol. The Hall–Kier alpha value is -2.58. The predicted molar refractivity (Wildman–Crippen MR) is 90.9 cm³/mol. The van der Waals surface area contributed by atoms with Crippen LogP contribution in [0.4, 0.5) is 23.7 Å². The van der Waals surface area contributed by atoms with Gasteiger partial charge in [-0.15, -0.1) is 0 Å². The van der Waals surface area contributed by atoms with Gasteiger partial charge in [0.1, 0.15) is 6.54 Å². The molecular weight excluding hydrogens is 363 g/mol. The number of alkyl halides is 3. The number of amides is 4. The lowest BCUT2D eigenvalue weighted by Gasteiger charge is -2.36. The van der Waals surface area contributed by atoms with E-state index in [-0.39, 0.29) is 31.6 Å². The number of carbonyl (C=O) groups is 3. The number of carbonyl (C=O) groups excluding carboxylic acids is 3. The van der Waals surface area contributed by atoms with Crippen LogP contribution >= 0.6 is 0 Å². The van der Waals surface area contributed by atoms with Gasteiger partial charge in [0.15, 0.2) is 0 Å². The fraction of sp³-hybridized carbons (Fsp3) is 0.500. The number of anilines is 1. The second-order valence-electron chi connectivity index (χ2n) is 6.70. The van der Waals surface area contributed by atoms with Crippen molar-refractivity contribution in [3.8, 4) is 0 Å². The summed E-state index contributed by atoms with van der Waals surface area (Å²) in [5.41, 5.74) is 0.509. The van der Waals surface area contributed by atoms with Crippen LogP contribution in [0.3, 0.4) is 0 Å². The molecule has 2 heterocycles. The molecule has 4 amide bonds. The Morgan fingerprint density at radius 3 is 2.30 bits per heavy atom. The highest BCUT2D eigenvalue weighted by molar-refractivity contribution is 6.19.